The van der Waals surface area contributed by atoms with Gasteiger partial charge in [0.1, 0.15) is 33.7 Å². The average molecular weight is 1320 g/mol. The van der Waals surface area contributed by atoms with Gasteiger partial charge in [-0.05, 0) is 158 Å². The Bertz CT molecular complexity index is 3650. The highest BCUT2D eigenvalue weighted by molar-refractivity contribution is 6.11. The van der Waals surface area contributed by atoms with Gasteiger partial charge in [-0.3, -0.25) is 23.2 Å². The zero-order valence-electron chi connectivity index (χ0n) is 54.4. The fraction of sp³-hybridized carbons (Fsp3) is 0.548. The molecule has 3 aromatic heterocycles. The smallest absolute Gasteiger partial charge is 0.409 e. The van der Waals surface area contributed by atoms with Gasteiger partial charge in [0.15, 0.2) is 0 Å². The molecule has 6 amide bonds. The van der Waals surface area contributed by atoms with E-state index in [9.17, 15) is 37.5 Å². The molecule has 21 nitrogen and oxygen atoms in total. The van der Waals surface area contributed by atoms with Crippen molar-refractivity contribution >= 4 is 53.1 Å². The highest BCUT2D eigenvalue weighted by Crippen LogP contribution is 2.51. The number of imidazole rings is 3. The van der Waals surface area contributed by atoms with Gasteiger partial charge >= 0.3 is 18.3 Å². The second kappa shape index (κ2) is 29.0. The van der Waals surface area contributed by atoms with E-state index in [-0.39, 0.29) is 64.2 Å². The minimum absolute atomic E-state index is 0. The van der Waals surface area contributed by atoms with Crippen molar-refractivity contribution in [1.82, 2.24) is 43.8 Å². The molecule has 0 saturated carbocycles. The van der Waals surface area contributed by atoms with Crippen LogP contribution in [-0.2, 0) is 116 Å². The van der Waals surface area contributed by atoms with Gasteiger partial charge in [-0.2, -0.15) is 0 Å². The summed E-state index contributed by atoms with van der Waals surface area (Å²) in [4.78, 5) is 106. The number of hydrogen-bond donors (Lipinski definition) is 1. The summed E-state index contributed by atoms with van der Waals surface area (Å²) in [5.74, 6) is 2.67. The topological polar surface area (TPSA) is 214 Å². The molecule has 15 rings (SSSR count). The molecule has 6 aromatic rings. The molecule has 9 aliphatic rings. The highest BCUT2D eigenvalue weighted by atomic mass is 19.1. The van der Waals surface area contributed by atoms with Crippen LogP contribution >= 0.6 is 0 Å². The fourth-order valence-electron chi connectivity index (χ4n) is 15.9. The third kappa shape index (κ3) is 12.3. The van der Waals surface area contributed by atoms with Crippen LogP contribution in [0.2, 0.25) is 0 Å². The molecule has 0 unspecified atom stereocenters. The number of H-pyrrole nitrogens is 1. The van der Waals surface area contributed by atoms with Gasteiger partial charge in [0, 0.05) is 86.5 Å². The largest absolute Gasteiger partial charge is 0.450 e. The van der Waals surface area contributed by atoms with Crippen LogP contribution in [0.4, 0.5) is 40.2 Å². The molecule has 3 fully saturated rings. The van der Waals surface area contributed by atoms with E-state index in [4.69, 9.17) is 29.2 Å². The monoisotopic (exact) mass is 1320 g/mol. The van der Waals surface area contributed by atoms with Gasteiger partial charge in [0.25, 0.3) is 0 Å². The number of alkyl halides is 2. The van der Waals surface area contributed by atoms with Crippen LogP contribution in [0.5, 0.6) is 0 Å². The van der Waals surface area contributed by atoms with E-state index in [2.05, 4.69) is 14.1 Å². The number of ether oxygens (including phenoxy) is 3. The number of aromatic nitrogens is 6. The number of nitrogens with one attached hydrogen (secondary N) is 1. The van der Waals surface area contributed by atoms with E-state index < -0.39 is 16.2 Å². The number of aryl methyl sites for hydroxylation is 4. The van der Waals surface area contributed by atoms with Gasteiger partial charge < -0.3 is 57.7 Å². The molecule has 0 radical (unpaired) electrons. The molecule has 23 heteroatoms. The Hall–Kier alpha value is -8.63. The Morgan fingerprint density at radius 1 is 0.458 bits per heavy atom. The lowest BCUT2D eigenvalue weighted by Crippen LogP contribution is -2.65. The summed E-state index contributed by atoms with van der Waals surface area (Å²) in [7, 11) is 0. The second-order valence-corrected chi connectivity index (χ2v) is 26.3. The fourth-order valence-corrected chi connectivity index (χ4v) is 15.9. The number of nitrogens with zero attached hydrogens (tertiary/aromatic N) is 11. The maximum absolute atomic E-state index is 13.8. The predicted octanol–water partition coefficient (Wildman–Crippen LogP) is 11.4. The third-order valence-corrected chi connectivity index (χ3v) is 20.5. The number of carbonyl (C=O) groups excluding carboxylic acids is 6. The van der Waals surface area contributed by atoms with Crippen molar-refractivity contribution in [1.29, 1.82) is 0 Å². The maximum Gasteiger partial charge on any atom is 0.409 e. The van der Waals surface area contributed by atoms with E-state index in [0.717, 1.165) is 158 Å². The van der Waals surface area contributed by atoms with Crippen LogP contribution in [-0.4, -0.2) is 152 Å². The second-order valence-electron chi connectivity index (χ2n) is 26.3. The number of unbranched alkanes of at least 4 members (excludes halogenated alkanes) is 2. The molecule has 3 aliphatic carbocycles. The van der Waals surface area contributed by atoms with E-state index in [1.54, 1.807) is 35.5 Å². The lowest BCUT2D eigenvalue weighted by Gasteiger charge is -2.45. The van der Waals surface area contributed by atoms with E-state index in [0.29, 0.717) is 91.6 Å². The molecule has 1 N–H and O–H groups in total. The van der Waals surface area contributed by atoms with Crippen LogP contribution in [0, 0.1) is 0 Å². The predicted molar refractivity (Wildman–Crippen MR) is 361 cm³/mol. The van der Waals surface area contributed by atoms with Crippen LogP contribution < -0.4 is 14.7 Å². The molecule has 6 aliphatic heterocycles. The Kier molecular flexibility index (Phi) is 20.8. The summed E-state index contributed by atoms with van der Waals surface area (Å²) >= 11 is 0. The number of anilines is 3. The van der Waals surface area contributed by atoms with Gasteiger partial charge in [0.05, 0.1) is 69.9 Å². The Morgan fingerprint density at radius 3 is 1.17 bits per heavy atom. The molecule has 9 heterocycles. The summed E-state index contributed by atoms with van der Waals surface area (Å²) < 4.78 is 45.3. The number of hydrogen-bond acceptors (Lipinski definition) is 12. The zero-order valence-corrected chi connectivity index (χ0v) is 54.4. The number of aromatic amines is 1. The summed E-state index contributed by atoms with van der Waals surface area (Å²) in [5, 5.41) is 0. The molecular weight excluding hydrogens is 1230 g/mol. The first-order chi connectivity index (χ1) is 45.8. The average Bonchev–Trinajstić information content (AvgIpc) is 1.55. The maximum atomic E-state index is 13.8. The zero-order chi connectivity index (χ0) is 65.3. The standard InChI is InChI=1S/2C25H31FN4O3.C21H24N4O3.2CH4/c2*1-2-33-24(32)28-16-25(17-28)18-9-3-5-11-20(18)30(23(25)31)15-22-27-19-10-4-6-12-21(19)29(22)14-8-7-13-26;1-2-28-20(27)24-12-21(13-24)14-7-3-6-10-17(14)25(19(21)26)11-18-22-15-8-4-5-9-16(15)23-18;;/h2*3,5,9,11H,2,4,6-8,10,12-17H2,1H3;3,6-7,10H,2,4-5,8-9,11-13H2,1H3,(H,22,23);2*1H4. The van der Waals surface area contributed by atoms with Crippen LogP contribution in [0.1, 0.15) is 168 Å². The Labute approximate surface area is 561 Å². The molecule has 3 aromatic carbocycles. The minimum Gasteiger partial charge on any atom is -0.450 e. The van der Waals surface area contributed by atoms with Gasteiger partial charge in [-0.15, -0.1) is 0 Å². The van der Waals surface area contributed by atoms with Crippen molar-refractivity contribution in [3.63, 3.8) is 0 Å². The van der Waals surface area contributed by atoms with Crippen LogP contribution in [0.3, 0.4) is 0 Å². The number of carbonyl (C=O) groups is 6. The molecule has 3 saturated heterocycles. The Morgan fingerprint density at radius 2 is 0.802 bits per heavy atom. The molecule has 514 valence electrons. The summed E-state index contributed by atoms with van der Waals surface area (Å²) in [6.45, 7) is 10.4. The van der Waals surface area contributed by atoms with Gasteiger partial charge in [0.2, 0.25) is 17.7 Å². The van der Waals surface area contributed by atoms with Crippen molar-refractivity contribution in [3.05, 3.63) is 141 Å². The number of rotatable bonds is 17. The molecule has 96 heavy (non-hydrogen) atoms. The summed E-state index contributed by atoms with van der Waals surface area (Å²) in [6.07, 6.45) is 14.3. The van der Waals surface area contributed by atoms with E-state index >= 15 is 0 Å². The third-order valence-electron chi connectivity index (χ3n) is 20.5. The highest BCUT2D eigenvalue weighted by Gasteiger charge is 2.62. The Balaban J connectivity index is 0.000000145. The molecule has 0 atom stereocenters. The molecule has 0 bridgehead atoms. The summed E-state index contributed by atoms with van der Waals surface area (Å²) in [6, 6.07) is 23.6. The van der Waals surface area contributed by atoms with Gasteiger partial charge in [-0.1, -0.05) is 69.5 Å². The lowest BCUT2D eigenvalue weighted by atomic mass is 9.75. The minimum atomic E-state index is -0.714. The number of halogens is 2. The normalized spacial score (nSPS) is 18.2. The van der Waals surface area contributed by atoms with Crippen LogP contribution in [0.25, 0.3) is 0 Å². The van der Waals surface area contributed by atoms with Crippen molar-refractivity contribution in [2.45, 2.75) is 187 Å². The quantitative estimate of drug-likeness (QED) is 0.0667. The SMILES string of the molecule is C.C.CCOC(=O)N1CC2(C1)C(=O)N(Cc1nc3c([nH]1)CCCC3)c1ccccc12.CCOC(=O)N1CC2(C1)C(=O)N(Cc1nc3c(n1CCCCF)CCCC3)c1ccccc12.CCOC(=O)N1CC2(C1)C(=O)N(Cc1nc3c(n1CCCCF)CCCC3)c1ccccc12. The lowest BCUT2D eigenvalue weighted by molar-refractivity contribution is -0.129. The van der Waals surface area contributed by atoms with Crippen molar-refractivity contribution in [2.24, 2.45) is 0 Å². The number of likely N-dealkylation sites (tertiary alicyclic amines) is 3. The van der Waals surface area contributed by atoms with E-state index in [1.807, 2.05) is 87.5 Å². The molecular formula is C73H94F2N12O9. The molecule has 3 spiro atoms. The first kappa shape index (κ1) is 68.7. The van der Waals surface area contributed by atoms with E-state index in [1.165, 1.54) is 29.9 Å². The van der Waals surface area contributed by atoms with Crippen LogP contribution in [0.15, 0.2) is 72.8 Å². The summed E-state index contributed by atoms with van der Waals surface area (Å²) in [5.41, 5.74) is 10.7. The van der Waals surface area contributed by atoms with Crippen molar-refractivity contribution in [3.8, 4) is 0 Å². The van der Waals surface area contributed by atoms with Gasteiger partial charge in [-0.25, -0.2) is 29.3 Å². The number of para-hydroxylation sites is 3. The van der Waals surface area contributed by atoms with Crippen molar-refractivity contribution in [2.75, 3.05) is 87.1 Å². The number of amides is 6. The first-order valence-corrected chi connectivity index (χ1v) is 34.1. The first-order valence-electron chi connectivity index (χ1n) is 34.1. The number of fused-ring (bicyclic) bond motifs is 9. The van der Waals surface area contributed by atoms with Crippen molar-refractivity contribution < 1.29 is 51.8 Å². The number of benzene rings is 3.